The summed E-state index contributed by atoms with van der Waals surface area (Å²) in [5.41, 5.74) is 0.539. The van der Waals surface area contributed by atoms with Gasteiger partial charge in [-0.3, -0.25) is 14.5 Å². The minimum atomic E-state index is -0.203. The van der Waals surface area contributed by atoms with Crippen LogP contribution in [0.3, 0.4) is 0 Å². The fourth-order valence-electron chi connectivity index (χ4n) is 1.74. The molecule has 0 aromatic carbocycles. The Labute approximate surface area is 96.0 Å². The van der Waals surface area contributed by atoms with Crippen molar-refractivity contribution < 1.29 is 9.59 Å². The molecule has 15 heavy (non-hydrogen) atoms. The zero-order valence-corrected chi connectivity index (χ0v) is 9.95. The quantitative estimate of drug-likeness (QED) is 0.727. The third-order valence-electron chi connectivity index (χ3n) is 2.51. The number of halogens is 1. The lowest BCUT2D eigenvalue weighted by atomic mass is 10.3. The molecule has 0 unspecified atom stereocenters. The Bertz CT molecular complexity index is 425. The van der Waals surface area contributed by atoms with Crippen LogP contribution in [-0.2, 0) is 11.8 Å². The minimum Gasteiger partial charge on any atom is -0.345 e. The molecule has 0 spiro atoms. The van der Waals surface area contributed by atoms with Crippen LogP contribution in [0.5, 0.6) is 0 Å². The van der Waals surface area contributed by atoms with Crippen LogP contribution in [0.1, 0.15) is 23.3 Å². The Morgan fingerprint density at radius 3 is 2.73 bits per heavy atom. The largest absolute Gasteiger partial charge is 0.345 e. The van der Waals surface area contributed by atoms with Crippen LogP contribution < -0.4 is 0 Å². The Balaban J connectivity index is 2.28. The molecule has 1 aliphatic heterocycles. The Kier molecular flexibility index (Phi) is 2.65. The number of aryl methyl sites for hydroxylation is 1. The van der Waals surface area contributed by atoms with Crippen LogP contribution in [0.2, 0.25) is 0 Å². The van der Waals surface area contributed by atoms with Crippen molar-refractivity contribution in [1.29, 1.82) is 0 Å². The lowest BCUT2D eigenvalue weighted by molar-refractivity contribution is -0.125. The van der Waals surface area contributed by atoms with E-state index in [1.807, 2.05) is 0 Å². The van der Waals surface area contributed by atoms with Gasteiger partial charge in [-0.15, -0.1) is 0 Å². The number of hydrogen-bond donors (Lipinski definition) is 0. The van der Waals surface area contributed by atoms with Gasteiger partial charge in [-0.05, 0) is 28.4 Å². The summed E-state index contributed by atoms with van der Waals surface area (Å²) in [5, 5.41) is 0. The first-order chi connectivity index (χ1) is 7.09. The van der Waals surface area contributed by atoms with E-state index in [0.717, 1.165) is 10.9 Å². The second-order valence-corrected chi connectivity index (χ2v) is 4.52. The highest BCUT2D eigenvalue weighted by molar-refractivity contribution is 9.10. The second-order valence-electron chi connectivity index (χ2n) is 3.61. The van der Waals surface area contributed by atoms with E-state index < -0.39 is 0 Å². The maximum Gasteiger partial charge on any atom is 0.277 e. The van der Waals surface area contributed by atoms with Crippen molar-refractivity contribution in [2.75, 3.05) is 6.54 Å². The molecule has 4 nitrogen and oxygen atoms in total. The summed E-state index contributed by atoms with van der Waals surface area (Å²) in [5.74, 6) is -0.275. The van der Waals surface area contributed by atoms with Gasteiger partial charge in [-0.25, -0.2) is 0 Å². The van der Waals surface area contributed by atoms with E-state index in [0.29, 0.717) is 18.7 Å². The van der Waals surface area contributed by atoms with Gasteiger partial charge >= 0.3 is 0 Å². The van der Waals surface area contributed by atoms with Gasteiger partial charge in [0.15, 0.2) is 0 Å². The first kappa shape index (κ1) is 10.4. The third-order valence-corrected chi connectivity index (χ3v) is 2.94. The molecule has 1 aromatic rings. The van der Waals surface area contributed by atoms with Crippen LogP contribution in [0.15, 0.2) is 16.7 Å². The van der Waals surface area contributed by atoms with E-state index in [-0.39, 0.29) is 11.8 Å². The topological polar surface area (TPSA) is 42.3 Å². The molecule has 2 rings (SSSR count). The maximum absolute atomic E-state index is 12.0. The first-order valence-corrected chi connectivity index (χ1v) is 5.55. The number of hydrogen-bond acceptors (Lipinski definition) is 2. The van der Waals surface area contributed by atoms with E-state index in [1.54, 1.807) is 23.9 Å². The summed E-state index contributed by atoms with van der Waals surface area (Å²) in [6.45, 7) is 0.542. The van der Waals surface area contributed by atoms with Crippen LogP contribution in [-0.4, -0.2) is 27.8 Å². The van der Waals surface area contributed by atoms with Crippen LogP contribution in [0, 0.1) is 0 Å². The number of rotatable bonds is 1. The molecule has 1 aromatic heterocycles. The summed E-state index contributed by atoms with van der Waals surface area (Å²) in [7, 11) is 1.79. The number of aromatic nitrogens is 1. The molecule has 80 valence electrons. The Morgan fingerprint density at radius 1 is 1.53 bits per heavy atom. The Morgan fingerprint density at radius 2 is 2.27 bits per heavy atom. The molecule has 1 aliphatic rings. The lowest BCUT2D eigenvalue weighted by Gasteiger charge is -2.13. The highest BCUT2D eigenvalue weighted by Gasteiger charge is 2.28. The summed E-state index contributed by atoms with van der Waals surface area (Å²) < 4.78 is 2.57. The van der Waals surface area contributed by atoms with E-state index in [9.17, 15) is 9.59 Å². The van der Waals surface area contributed by atoms with Gasteiger partial charge in [0, 0.05) is 30.7 Å². The fraction of sp³-hybridized carbons (Fsp3) is 0.400. The van der Waals surface area contributed by atoms with Gasteiger partial charge in [-0.2, -0.15) is 0 Å². The van der Waals surface area contributed by atoms with Crippen molar-refractivity contribution in [2.24, 2.45) is 7.05 Å². The van der Waals surface area contributed by atoms with Gasteiger partial charge in [0.2, 0.25) is 5.91 Å². The molecule has 2 heterocycles. The van der Waals surface area contributed by atoms with E-state index in [1.165, 1.54) is 4.90 Å². The number of carbonyl (C=O) groups is 2. The standard InChI is InChI=1S/C10H11BrN2O2/c1-12-6-7(11)5-8(12)10(15)13-4-2-3-9(13)14/h5-6H,2-4H2,1H3. The third kappa shape index (κ3) is 1.84. The molecule has 0 aliphatic carbocycles. The summed E-state index contributed by atoms with van der Waals surface area (Å²) in [6.07, 6.45) is 3.06. The zero-order valence-electron chi connectivity index (χ0n) is 8.36. The molecule has 0 atom stereocenters. The predicted molar refractivity (Wildman–Crippen MR) is 58.4 cm³/mol. The normalized spacial score (nSPS) is 16.1. The molecule has 1 saturated heterocycles. The second kappa shape index (κ2) is 3.81. The van der Waals surface area contributed by atoms with Crippen molar-refractivity contribution in [2.45, 2.75) is 12.8 Å². The molecule has 0 saturated carbocycles. The molecule has 0 radical (unpaired) electrons. The average molecular weight is 271 g/mol. The molecule has 2 amide bonds. The van der Waals surface area contributed by atoms with Crippen LogP contribution in [0.4, 0.5) is 0 Å². The number of likely N-dealkylation sites (tertiary alicyclic amines) is 1. The van der Waals surface area contributed by atoms with Crippen LogP contribution >= 0.6 is 15.9 Å². The summed E-state index contributed by atoms with van der Waals surface area (Å²) in [6, 6.07) is 1.73. The monoisotopic (exact) mass is 270 g/mol. The minimum absolute atomic E-state index is 0.0719. The van der Waals surface area contributed by atoms with Crippen molar-refractivity contribution in [3.05, 3.63) is 22.4 Å². The van der Waals surface area contributed by atoms with Crippen molar-refractivity contribution in [3.8, 4) is 0 Å². The summed E-state index contributed by atoms with van der Waals surface area (Å²) in [4.78, 5) is 24.7. The average Bonchev–Trinajstić information content (AvgIpc) is 2.71. The van der Waals surface area contributed by atoms with Crippen molar-refractivity contribution in [3.63, 3.8) is 0 Å². The van der Waals surface area contributed by atoms with Crippen molar-refractivity contribution >= 4 is 27.7 Å². The number of imide groups is 1. The van der Waals surface area contributed by atoms with Gasteiger partial charge in [0.25, 0.3) is 5.91 Å². The number of amides is 2. The fourth-order valence-corrected chi connectivity index (χ4v) is 2.26. The molecular weight excluding hydrogens is 260 g/mol. The van der Waals surface area contributed by atoms with Crippen LogP contribution in [0.25, 0.3) is 0 Å². The van der Waals surface area contributed by atoms with Crippen molar-refractivity contribution in [1.82, 2.24) is 9.47 Å². The molecule has 1 fully saturated rings. The van der Waals surface area contributed by atoms with E-state index in [2.05, 4.69) is 15.9 Å². The Hall–Kier alpha value is -1.10. The molecular formula is C10H11BrN2O2. The zero-order chi connectivity index (χ0) is 11.0. The van der Waals surface area contributed by atoms with E-state index in [4.69, 9.17) is 0 Å². The lowest BCUT2D eigenvalue weighted by Crippen LogP contribution is -2.32. The molecule has 0 bridgehead atoms. The molecule has 5 heteroatoms. The van der Waals surface area contributed by atoms with Gasteiger partial charge in [0.05, 0.1) is 0 Å². The predicted octanol–water partition coefficient (Wildman–Crippen LogP) is 1.55. The SMILES string of the molecule is Cn1cc(Br)cc1C(=O)N1CCCC1=O. The maximum atomic E-state index is 12.0. The van der Waals surface area contributed by atoms with Gasteiger partial charge < -0.3 is 4.57 Å². The first-order valence-electron chi connectivity index (χ1n) is 4.76. The molecule has 0 N–H and O–H groups in total. The number of nitrogens with zero attached hydrogens (tertiary/aromatic N) is 2. The highest BCUT2D eigenvalue weighted by atomic mass is 79.9. The smallest absolute Gasteiger partial charge is 0.277 e. The highest BCUT2D eigenvalue weighted by Crippen LogP contribution is 2.18. The summed E-state index contributed by atoms with van der Waals surface area (Å²) >= 11 is 3.30. The van der Waals surface area contributed by atoms with E-state index >= 15 is 0 Å². The van der Waals surface area contributed by atoms with Gasteiger partial charge in [0.1, 0.15) is 5.69 Å². The van der Waals surface area contributed by atoms with Gasteiger partial charge in [-0.1, -0.05) is 0 Å². The number of carbonyl (C=O) groups excluding carboxylic acids is 2.